The second kappa shape index (κ2) is 4.81. The molecule has 20 heavy (non-hydrogen) atoms. The monoisotopic (exact) mass is 291 g/mol. The fourth-order valence-electron chi connectivity index (χ4n) is 4.49. The Morgan fingerprint density at radius 3 is 3.00 bits per heavy atom. The maximum atomic E-state index is 12.9. The van der Waals surface area contributed by atoms with E-state index in [4.69, 9.17) is 0 Å². The van der Waals surface area contributed by atoms with Gasteiger partial charge in [-0.1, -0.05) is 6.42 Å². The number of nitrogens with one attached hydrogen (secondary N) is 1. The van der Waals surface area contributed by atoms with Crippen molar-refractivity contribution in [1.29, 1.82) is 0 Å². The Bertz CT molecular complexity index is 529. The normalized spacial score (nSPS) is 36.2. The van der Waals surface area contributed by atoms with Gasteiger partial charge < -0.3 is 10.2 Å². The standard InChI is InChI=1S/C15H21N3OS/c1-16-13-14-11(17-8-20-14)4-5-18(15(13)19)12-7-9-2-3-10(12)6-9/h8-10,12-13,16H,2-7H2,1H3. The molecule has 0 saturated heterocycles. The third-order valence-corrected chi connectivity index (χ3v) is 6.38. The molecule has 4 nitrogen and oxygen atoms in total. The van der Waals surface area contributed by atoms with E-state index in [-0.39, 0.29) is 11.9 Å². The van der Waals surface area contributed by atoms with E-state index < -0.39 is 0 Å². The number of nitrogens with zero attached hydrogens (tertiary/aromatic N) is 2. The average Bonchev–Trinajstić information content (AvgIpc) is 3.15. The predicted octanol–water partition coefficient (Wildman–Crippen LogP) is 1.98. The Hall–Kier alpha value is -0.940. The van der Waals surface area contributed by atoms with Crippen LogP contribution in [0.2, 0.25) is 0 Å². The van der Waals surface area contributed by atoms with Gasteiger partial charge >= 0.3 is 0 Å². The molecule has 4 atom stereocenters. The molecule has 2 saturated carbocycles. The molecule has 1 amide bonds. The van der Waals surface area contributed by atoms with Crippen molar-refractivity contribution in [2.24, 2.45) is 11.8 Å². The summed E-state index contributed by atoms with van der Waals surface area (Å²) in [5, 5.41) is 3.21. The molecule has 0 aromatic carbocycles. The molecule has 2 fully saturated rings. The van der Waals surface area contributed by atoms with Crippen LogP contribution in [0.15, 0.2) is 5.51 Å². The molecule has 0 radical (unpaired) electrons. The lowest BCUT2D eigenvalue weighted by Crippen LogP contribution is -2.47. The maximum absolute atomic E-state index is 12.9. The van der Waals surface area contributed by atoms with Gasteiger partial charge in [0.2, 0.25) is 5.91 Å². The summed E-state index contributed by atoms with van der Waals surface area (Å²) in [6.45, 7) is 0.849. The smallest absolute Gasteiger partial charge is 0.245 e. The van der Waals surface area contributed by atoms with Gasteiger partial charge in [-0.3, -0.25) is 4.79 Å². The molecule has 1 N–H and O–H groups in total. The molecule has 2 bridgehead atoms. The van der Waals surface area contributed by atoms with Crippen LogP contribution in [0.4, 0.5) is 0 Å². The van der Waals surface area contributed by atoms with E-state index in [9.17, 15) is 4.79 Å². The zero-order valence-electron chi connectivity index (χ0n) is 11.8. The largest absolute Gasteiger partial charge is 0.337 e. The SMILES string of the molecule is CNC1C(=O)N(C2CC3CCC2C3)CCc2ncsc21. The molecule has 1 aromatic rings. The molecule has 2 aliphatic carbocycles. The number of hydrogen-bond acceptors (Lipinski definition) is 4. The highest BCUT2D eigenvalue weighted by molar-refractivity contribution is 7.10. The number of amides is 1. The first-order valence-corrected chi connectivity index (χ1v) is 8.56. The summed E-state index contributed by atoms with van der Waals surface area (Å²) in [5.41, 5.74) is 2.99. The van der Waals surface area contributed by atoms with Crippen molar-refractivity contribution in [3.05, 3.63) is 16.1 Å². The highest BCUT2D eigenvalue weighted by Gasteiger charge is 2.45. The summed E-state index contributed by atoms with van der Waals surface area (Å²) in [4.78, 5) is 20.7. The van der Waals surface area contributed by atoms with Crippen LogP contribution in [0.3, 0.4) is 0 Å². The van der Waals surface area contributed by atoms with Crippen LogP contribution >= 0.6 is 11.3 Å². The molecule has 0 spiro atoms. The number of rotatable bonds is 2. The minimum absolute atomic E-state index is 0.181. The topological polar surface area (TPSA) is 45.2 Å². The molecule has 5 heteroatoms. The lowest BCUT2D eigenvalue weighted by Gasteiger charge is -2.35. The quantitative estimate of drug-likeness (QED) is 0.906. The Balaban J connectivity index is 1.63. The zero-order valence-corrected chi connectivity index (χ0v) is 12.7. The molecule has 4 rings (SSSR count). The average molecular weight is 291 g/mol. The number of likely N-dealkylation sites (N-methyl/N-ethyl adjacent to an activating group) is 1. The van der Waals surface area contributed by atoms with E-state index in [0.29, 0.717) is 6.04 Å². The van der Waals surface area contributed by atoms with Gasteiger partial charge in [-0.15, -0.1) is 11.3 Å². The van der Waals surface area contributed by atoms with Gasteiger partial charge in [-0.2, -0.15) is 0 Å². The number of hydrogen-bond donors (Lipinski definition) is 1. The first-order valence-electron chi connectivity index (χ1n) is 7.68. The third-order valence-electron chi connectivity index (χ3n) is 5.44. The molecular formula is C15H21N3OS. The summed E-state index contributed by atoms with van der Waals surface area (Å²) in [5.74, 6) is 1.90. The summed E-state index contributed by atoms with van der Waals surface area (Å²) >= 11 is 1.61. The lowest BCUT2D eigenvalue weighted by atomic mass is 9.93. The molecule has 108 valence electrons. The van der Waals surface area contributed by atoms with Crippen molar-refractivity contribution in [2.45, 2.75) is 44.2 Å². The van der Waals surface area contributed by atoms with Crippen molar-refractivity contribution in [3.8, 4) is 0 Å². The molecule has 1 aromatic heterocycles. The third kappa shape index (κ3) is 1.83. The van der Waals surface area contributed by atoms with Gasteiger partial charge in [-0.05, 0) is 38.1 Å². The van der Waals surface area contributed by atoms with Crippen molar-refractivity contribution >= 4 is 17.2 Å². The van der Waals surface area contributed by atoms with E-state index in [1.54, 1.807) is 11.3 Å². The molecule has 1 aliphatic heterocycles. The fourth-order valence-corrected chi connectivity index (χ4v) is 5.43. The summed E-state index contributed by atoms with van der Waals surface area (Å²) in [6.07, 6.45) is 6.19. The Morgan fingerprint density at radius 2 is 2.30 bits per heavy atom. The van der Waals surface area contributed by atoms with Crippen LogP contribution < -0.4 is 5.32 Å². The molecule has 3 aliphatic rings. The van der Waals surface area contributed by atoms with Crippen LogP contribution in [0.25, 0.3) is 0 Å². The second-order valence-corrected chi connectivity index (χ2v) is 7.30. The Morgan fingerprint density at radius 1 is 1.40 bits per heavy atom. The van der Waals surface area contributed by atoms with Crippen LogP contribution in [0.5, 0.6) is 0 Å². The minimum atomic E-state index is -0.181. The predicted molar refractivity (Wildman–Crippen MR) is 78.6 cm³/mol. The van der Waals surface area contributed by atoms with Gasteiger partial charge in [-0.25, -0.2) is 4.98 Å². The zero-order chi connectivity index (χ0) is 13.7. The first-order chi connectivity index (χ1) is 9.78. The van der Waals surface area contributed by atoms with Gasteiger partial charge in [0.05, 0.1) is 16.1 Å². The van der Waals surface area contributed by atoms with Crippen molar-refractivity contribution in [2.75, 3.05) is 13.6 Å². The number of carbonyl (C=O) groups excluding carboxylic acids is 1. The van der Waals surface area contributed by atoms with Crippen molar-refractivity contribution < 1.29 is 4.79 Å². The summed E-state index contributed by atoms with van der Waals surface area (Å²) < 4.78 is 0. The first kappa shape index (κ1) is 12.8. The molecule has 2 heterocycles. The van der Waals surface area contributed by atoms with E-state index in [1.807, 2.05) is 12.6 Å². The van der Waals surface area contributed by atoms with E-state index in [2.05, 4.69) is 15.2 Å². The number of aromatic nitrogens is 1. The summed E-state index contributed by atoms with van der Waals surface area (Å²) in [7, 11) is 1.89. The Kier molecular flexibility index (Phi) is 3.07. The van der Waals surface area contributed by atoms with Crippen LogP contribution in [-0.4, -0.2) is 35.4 Å². The summed E-state index contributed by atoms with van der Waals surface area (Å²) in [6, 6.07) is 0.310. The van der Waals surface area contributed by atoms with Gasteiger partial charge in [0.1, 0.15) is 6.04 Å². The maximum Gasteiger partial charge on any atom is 0.245 e. The molecular weight excluding hydrogens is 270 g/mol. The van der Waals surface area contributed by atoms with Gasteiger partial charge in [0.25, 0.3) is 0 Å². The number of fused-ring (bicyclic) bond motifs is 3. The number of carbonyl (C=O) groups is 1. The highest BCUT2D eigenvalue weighted by atomic mass is 32.1. The van der Waals surface area contributed by atoms with Crippen molar-refractivity contribution in [1.82, 2.24) is 15.2 Å². The highest BCUT2D eigenvalue weighted by Crippen LogP contribution is 2.47. The fraction of sp³-hybridized carbons (Fsp3) is 0.733. The minimum Gasteiger partial charge on any atom is -0.337 e. The van der Waals surface area contributed by atoms with E-state index in [0.717, 1.165) is 35.4 Å². The van der Waals surface area contributed by atoms with Gasteiger partial charge in [0, 0.05) is 19.0 Å². The molecule has 4 unspecified atom stereocenters. The van der Waals surface area contributed by atoms with Crippen LogP contribution in [-0.2, 0) is 11.2 Å². The number of thiazole rings is 1. The van der Waals surface area contributed by atoms with Crippen LogP contribution in [0, 0.1) is 11.8 Å². The second-order valence-electron chi connectivity index (χ2n) is 6.41. The lowest BCUT2D eigenvalue weighted by molar-refractivity contribution is -0.136. The Labute approximate surface area is 123 Å². The van der Waals surface area contributed by atoms with Crippen LogP contribution in [0.1, 0.15) is 42.3 Å². The van der Waals surface area contributed by atoms with E-state index in [1.165, 1.54) is 25.7 Å². The van der Waals surface area contributed by atoms with Gasteiger partial charge in [0.15, 0.2) is 0 Å². The van der Waals surface area contributed by atoms with Crippen molar-refractivity contribution in [3.63, 3.8) is 0 Å². The van der Waals surface area contributed by atoms with E-state index >= 15 is 0 Å².